The van der Waals surface area contributed by atoms with E-state index in [0.29, 0.717) is 6.04 Å². The second-order valence-corrected chi connectivity index (χ2v) is 4.86. The molecule has 4 rings (SSSR count). The molecule has 2 aliphatic rings. The van der Waals surface area contributed by atoms with Gasteiger partial charge in [0, 0.05) is 24.0 Å². The van der Waals surface area contributed by atoms with Crippen LogP contribution >= 0.6 is 0 Å². The van der Waals surface area contributed by atoms with Crippen LogP contribution < -0.4 is 5.43 Å². The van der Waals surface area contributed by atoms with Crippen molar-refractivity contribution in [2.75, 3.05) is 0 Å². The van der Waals surface area contributed by atoms with Crippen LogP contribution in [0.25, 0.3) is 5.52 Å². The van der Waals surface area contributed by atoms with Crippen molar-refractivity contribution in [3.05, 3.63) is 42.4 Å². The Morgan fingerprint density at radius 2 is 2.21 bits per heavy atom. The summed E-state index contributed by atoms with van der Waals surface area (Å²) in [5.41, 5.74) is 5.62. The number of hydrazine groups is 1. The van der Waals surface area contributed by atoms with Crippen LogP contribution in [0.1, 0.15) is 24.4 Å². The van der Waals surface area contributed by atoms with E-state index in [2.05, 4.69) is 31.7 Å². The molecule has 3 heterocycles. The smallest absolute Gasteiger partial charge is 0.106 e. The van der Waals surface area contributed by atoms with Gasteiger partial charge < -0.3 is 0 Å². The second-order valence-electron chi connectivity index (χ2n) is 4.86. The van der Waals surface area contributed by atoms with E-state index in [1.165, 1.54) is 12.8 Å². The Labute approximate surface area is 110 Å². The molecule has 96 valence electrons. The third-order valence-corrected chi connectivity index (χ3v) is 3.41. The molecule has 0 spiro atoms. The van der Waals surface area contributed by atoms with Gasteiger partial charge in [-0.2, -0.15) is 14.8 Å². The van der Waals surface area contributed by atoms with Crippen LogP contribution in [0.5, 0.6) is 0 Å². The minimum atomic E-state index is 0.111. The van der Waals surface area contributed by atoms with Crippen molar-refractivity contribution < 1.29 is 0 Å². The number of aromatic nitrogens is 3. The highest BCUT2D eigenvalue weighted by Crippen LogP contribution is 2.28. The highest BCUT2D eigenvalue weighted by molar-refractivity contribution is 5.62. The van der Waals surface area contributed by atoms with E-state index >= 15 is 0 Å². The van der Waals surface area contributed by atoms with E-state index in [0.717, 1.165) is 11.1 Å². The maximum absolute atomic E-state index is 4.30. The van der Waals surface area contributed by atoms with Crippen molar-refractivity contribution in [1.82, 2.24) is 25.3 Å². The molecule has 1 saturated carbocycles. The summed E-state index contributed by atoms with van der Waals surface area (Å²) in [6.07, 6.45) is 11.8. The third kappa shape index (κ3) is 1.90. The molecule has 2 aromatic heterocycles. The molecule has 1 fully saturated rings. The standard InChI is InChI=1S/C13H14N6/c1-2-13-11(8-16-19(13)15-6-1)12-5-7-14-9-18(12)17-10-3-4-10/h1-2,5-10,12,17H,3-4H2. The van der Waals surface area contributed by atoms with Gasteiger partial charge in [0.1, 0.15) is 6.34 Å². The Hall–Kier alpha value is -2.21. The summed E-state index contributed by atoms with van der Waals surface area (Å²) in [6.45, 7) is 0. The Bertz CT molecular complexity index is 654. The minimum absolute atomic E-state index is 0.111. The average molecular weight is 254 g/mol. The molecule has 2 aromatic rings. The lowest BCUT2D eigenvalue weighted by Crippen LogP contribution is -2.41. The van der Waals surface area contributed by atoms with Gasteiger partial charge in [0.05, 0.1) is 17.8 Å². The van der Waals surface area contributed by atoms with Crippen LogP contribution in [0.2, 0.25) is 0 Å². The molecule has 1 aliphatic heterocycles. The van der Waals surface area contributed by atoms with Crippen LogP contribution in [0.4, 0.5) is 0 Å². The van der Waals surface area contributed by atoms with E-state index < -0.39 is 0 Å². The average Bonchev–Trinajstić information content (AvgIpc) is 3.17. The summed E-state index contributed by atoms with van der Waals surface area (Å²) in [5.74, 6) is 0. The van der Waals surface area contributed by atoms with Crippen LogP contribution in [0.3, 0.4) is 0 Å². The van der Waals surface area contributed by atoms with Gasteiger partial charge in [0.25, 0.3) is 0 Å². The lowest BCUT2D eigenvalue weighted by atomic mass is 10.1. The van der Waals surface area contributed by atoms with Gasteiger partial charge in [-0.15, -0.1) is 0 Å². The van der Waals surface area contributed by atoms with Crippen LogP contribution in [0, 0.1) is 0 Å². The molecule has 1 unspecified atom stereocenters. The predicted molar refractivity (Wildman–Crippen MR) is 71.4 cm³/mol. The minimum Gasteiger partial charge on any atom is -0.286 e. The molecule has 19 heavy (non-hydrogen) atoms. The summed E-state index contributed by atoms with van der Waals surface area (Å²) in [5, 5.41) is 10.6. The maximum Gasteiger partial charge on any atom is 0.106 e. The molecule has 6 heteroatoms. The van der Waals surface area contributed by atoms with Gasteiger partial charge in [0.15, 0.2) is 0 Å². The predicted octanol–water partition coefficient (Wildman–Crippen LogP) is 1.29. The molecule has 0 aromatic carbocycles. The van der Waals surface area contributed by atoms with E-state index in [1.807, 2.05) is 30.9 Å². The summed E-state index contributed by atoms with van der Waals surface area (Å²) >= 11 is 0. The highest BCUT2D eigenvalue weighted by atomic mass is 15.5. The van der Waals surface area contributed by atoms with E-state index in [-0.39, 0.29) is 6.04 Å². The fourth-order valence-electron chi connectivity index (χ4n) is 2.28. The number of nitrogens with zero attached hydrogens (tertiary/aromatic N) is 5. The number of aliphatic imine (C=N–C) groups is 1. The van der Waals surface area contributed by atoms with Crippen LogP contribution in [-0.2, 0) is 0 Å². The van der Waals surface area contributed by atoms with E-state index in [1.54, 1.807) is 10.8 Å². The number of hydrogen-bond donors (Lipinski definition) is 1. The first kappa shape index (κ1) is 10.7. The van der Waals surface area contributed by atoms with Crippen molar-refractivity contribution in [3.8, 4) is 0 Å². The first-order chi connectivity index (χ1) is 9.42. The van der Waals surface area contributed by atoms with Gasteiger partial charge in [-0.05, 0) is 31.1 Å². The quantitative estimate of drug-likeness (QED) is 0.896. The Balaban J connectivity index is 1.72. The number of hydrogen-bond acceptors (Lipinski definition) is 5. The summed E-state index contributed by atoms with van der Waals surface area (Å²) in [4.78, 5) is 4.19. The fraction of sp³-hybridized carbons (Fsp3) is 0.308. The molecular weight excluding hydrogens is 240 g/mol. The van der Waals surface area contributed by atoms with Gasteiger partial charge >= 0.3 is 0 Å². The zero-order chi connectivity index (χ0) is 12.7. The lowest BCUT2D eigenvalue weighted by Gasteiger charge is -2.29. The van der Waals surface area contributed by atoms with Crippen molar-refractivity contribution in [1.29, 1.82) is 0 Å². The fourth-order valence-corrected chi connectivity index (χ4v) is 2.28. The van der Waals surface area contributed by atoms with Crippen molar-refractivity contribution in [2.45, 2.75) is 24.9 Å². The zero-order valence-electron chi connectivity index (χ0n) is 10.3. The summed E-state index contributed by atoms with van der Waals surface area (Å²) < 4.78 is 1.66. The number of nitrogens with one attached hydrogen (secondary N) is 1. The van der Waals surface area contributed by atoms with Gasteiger partial charge in [0.2, 0.25) is 0 Å². The third-order valence-electron chi connectivity index (χ3n) is 3.41. The van der Waals surface area contributed by atoms with Crippen LogP contribution in [0.15, 0.2) is 41.8 Å². The molecule has 1 aliphatic carbocycles. The SMILES string of the molecule is C1=CC(c2cnn3ncccc23)N(NC2CC2)C=N1. The van der Waals surface area contributed by atoms with Gasteiger partial charge in [-0.3, -0.25) is 5.01 Å². The lowest BCUT2D eigenvalue weighted by molar-refractivity contribution is 0.266. The van der Waals surface area contributed by atoms with E-state index in [4.69, 9.17) is 0 Å². The summed E-state index contributed by atoms with van der Waals surface area (Å²) in [7, 11) is 0. The molecule has 0 saturated heterocycles. The Morgan fingerprint density at radius 1 is 1.26 bits per heavy atom. The molecule has 6 nitrogen and oxygen atoms in total. The van der Waals surface area contributed by atoms with Crippen molar-refractivity contribution in [3.63, 3.8) is 0 Å². The monoisotopic (exact) mass is 254 g/mol. The Morgan fingerprint density at radius 3 is 3.11 bits per heavy atom. The zero-order valence-corrected chi connectivity index (χ0v) is 10.3. The number of fused-ring (bicyclic) bond motifs is 1. The molecule has 1 atom stereocenters. The second kappa shape index (κ2) is 4.17. The Kier molecular flexibility index (Phi) is 2.34. The van der Waals surface area contributed by atoms with Crippen molar-refractivity contribution >= 4 is 11.9 Å². The van der Waals surface area contributed by atoms with Crippen LogP contribution in [-0.4, -0.2) is 32.2 Å². The number of rotatable bonds is 3. The normalized spacial score (nSPS) is 22.3. The molecule has 0 amide bonds. The largest absolute Gasteiger partial charge is 0.286 e. The topological polar surface area (TPSA) is 57.8 Å². The molecule has 0 radical (unpaired) electrons. The molecule has 1 N–H and O–H groups in total. The molecule has 0 bridgehead atoms. The van der Waals surface area contributed by atoms with Gasteiger partial charge in [-0.1, -0.05) is 0 Å². The molecular formula is C13H14N6. The summed E-state index contributed by atoms with van der Waals surface area (Å²) in [6, 6.07) is 4.66. The highest BCUT2D eigenvalue weighted by Gasteiger charge is 2.28. The van der Waals surface area contributed by atoms with Gasteiger partial charge in [-0.25, -0.2) is 10.4 Å². The van der Waals surface area contributed by atoms with Crippen molar-refractivity contribution in [2.24, 2.45) is 4.99 Å². The maximum atomic E-state index is 4.30. The first-order valence-corrected chi connectivity index (χ1v) is 6.45. The van der Waals surface area contributed by atoms with E-state index in [9.17, 15) is 0 Å². The first-order valence-electron chi connectivity index (χ1n) is 6.45.